The molecule has 1 N–H and O–H groups in total. The van der Waals surface area contributed by atoms with Crippen LogP contribution in [0.5, 0.6) is 0 Å². The molecular weight excluding hydrogens is 238 g/mol. The standard InChI is InChI=1S/C9H6ClNO3S/c10-15(13,14)8-5-11-9(12)7-4-2-1-3-6(7)8/h1-5H,(H,11,12). The van der Waals surface area contributed by atoms with Crippen molar-refractivity contribution in [2.75, 3.05) is 0 Å². The molecule has 0 aliphatic rings. The minimum atomic E-state index is -3.84. The lowest BCUT2D eigenvalue weighted by Crippen LogP contribution is -2.07. The van der Waals surface area contributed by atoms with Gasteiger partial charge < -0.3 is 4.98 Å². The highest BCUT2D eigenvalue weighted by atomic mass is 35.7. The van der Waals surface area contributed by atoms with Gasteiger partial charge in [0.2, 0.25) is 0 Å². The molecule has 0 amide bonds. The predicted molar refractivity (Wildman–Crippen MR) is 57.6 cm³/mol. The Hall–Kier alpha value is -1.33. The summed E-state index contributed by atoms with van der Waals surface area (Å²) < 4.78 is 22.4. The van der Waals surface area contributed by atoms with Crippen molar-refractivity contribution in [3.8, 4) is 0 Å². The Morgan fingerprint density at radius 1 is 1.13 bits per heavy atom. The van der Waals surface area contributed by atoms with E-state index in [1.807, 2.05) is 0 Å². The summed E-state index contributed by atoms with van der Waals surface area (Å²) in [5.74, 6) is 0. The molecule has 4 nitrogen and oxygen atoms in total. The van der Waals surface area contributed by atoms with Crippen LogP contribution in [0, 0.1) is 0 Å². The summed E-state index contributed by atoms with van der Waals surface area (Å²) in [6.07, 6.45) is 1.10. The minimum Gasteiger partial charge on any atom is -0.327 e. The van der Waals surface area contributed by atoms with Gasteiger partial charge in [0, 0.05) is 27.7 Å². The van der Waals surface area contributed by atoms with Crippen molar-refractivity contribution in [2.24, 2.45) is 0 Å². The Balaban J connectivity index is 3.03. The first-order chi connectivity index (χ1) is 7.00. The molecule has 0 saturated heterocycles. The molecule has 0 fully saturated rings. The molecule has 15 heavy (non-hydrogen) atoms. The molecule has 0 radical (unpaired) electrons. The first-order valence-electron chi connectivity index (χ1n) is 4.05. The van der Waals surface area contributed by atoms with Crippen LogP contribution < -0.4 is 5.56 Å². The fourth-order valence-corrected chi connectivity index (χ4v) is 2.41. The van der Waals surface area contributed by atoms with Crippen molar-refractivity contribution in [3.05, 3.63) is 40.8 Å². The normalized spacial score (nSPS) is 11.8. The highest BCUT2D eigenvalue weighted by molar-refractivity contribution is 8.14. The molecule has 1 heterocycles. The van der Waals surface area contributed by atoms with E-state index < -0.39 is 9.05 Å². The van der Waals surface area contributed by atoms with Gasteiger partial charge in [0.25, 0.3) is 14.6 Å². The summed E-state index contributed by atoms with van der Waals surface area (Å²) in [7, 11) is 1.40. The lowest BCUT2D eigenvalue weighted by Gasteiger charge is -2.01. The molecule has 0 aliphatic heterocycles. The molecule has 78 valence electrons. The van der Waals surface area contributed by atoms with Crippen molar-refractivity contribution < 1.29 is 8.42 Å². The number of aromatic nitrogens is 1. The van der Waals surface area contributed by atoms with E-state index in [0.717, 1.165) is 6.20 Å². The zero-order valence-electron chi connectivity index (χ0n) is 7.40. The van der Waals surface area contributed by atoms with Gasteiger partial charge in [-0.15, -0.1) is 0 Å². The third-order valence-corrected chi connectivity index (χ3v) is 3.40. The van der Waals surface area contributed by atoms with Crippen LogP contribution in [-0.4, -0.2) is 13.4 Å². The van der Waals surface area contributed by atoms with Crippen LogP contribution in [0.4, 0.5) is 0 Å². The number of benzene rings is 1. The van der Waals surface area contributed by atoms with E-state index in [0.29, 0.717) is 10.8 Å². The average molecular weight is 244 g/mol. The molecule has 2 rings (SSSR count). The number of aromatic amines is 1. The summed E-state index contributed by atoms with van der Waals surface area (Å²) in [6, 6.07) is 6.38. The largest absolute Gasteiger partial charge is 0.327 e. The first kappa shape index (κ1) is 10.2. The molecule has 0 aliphatic carbocycles. The van der Waals surface area contributed by atoms with Crippen LogP contribution in [0.25, 0.3) is 10.8 Å². The number of pyridine rings is 1. The molecule has 0 unspecified atom stereocenters. The quantitative estimate of drug-likeness (QED) is 0.771. The second kappa shape index (κ2) is 3.36. The molecule has 0 bridgehead atoms. The smallest absolute Gasteiger partial charge is 0.263 e. The number of H-pyrrole nitrogens is 1. The van der Waals surface area contributed by atoms with Crippen LogP contribution in [0.3, 0.4) is 0 Å². The Morgan fingerprint density at radius 3 is 2.33 bits per heavy atom. The summed E-state index contributed by atoms with van der Waals surface area (Å²) in [5, 5.41) is 0.635. The molecule has 1 aromatic heterocycles. The Morgan fingerprint density at radius 2 is 1.73 bits per heavy atom. The van der Waals surface area contributed by atoms with Gasteiger partial charge in [0.15, 0.2) is 0 Å². The third-order valence-electron chi connectivity index (χ3n) is 2.03. The number of hydrogen-bond donors (Lipinski definition) is 1. The summed E-state index contributed by atoms with van der Waals surface area (Å²) in [6.45, 7) is 0. The van der Waals surface area contributed by atoms with Gasteiger partial charge in [-0.1, -0.05) is 18.2 Å². The highest BCUT2D eigenvalue weighted by Gasteiger charge is 2.15. The van der Waals surface area contributed by atoms with E-state index in [-0.39, 0.29) is 10.5 Å². The van der Waals surface area contributed by atoms with Gasteiger partial charge in [0.1, 0.15) is 4.90 Å². The zero-order valence-corrected chi connectivity index (χ0v) is 8.97. The van der Waals surface area contributed by atoms with E-state index in [9.17, 15) is 13.2 Å². The van der Waals surface area contributed by atoms with Gasteiger partial charge in [-0.2, -0.15) is 0 Å². The van der Waals surface area contributed by atoms with Gasteiger partial charge in [-0.25, -0.2) is 8.42 Å². The molecule has 1 aromatic carbocycles. The SMILES string of the molecule is O=c1[nH]cc(S(=O)(=O)Cl)c2ccccc12. The van der Waals surface area contributed by atoms with Crippen molar-refractivity contribution in [3.63, 3.8) is 0 Å². The van der Waals surface area contributed by atoms with Crippen LogP contribution >= 0.6 is 10.7 Å². The Labute approximate surface area is 89.9 Å². The van der Waals surface area contributed by atoms with Gasteiger partial charge in [-0.3, -0.25) is 4.79 Å². The second-order valence-electron chi connectivity index (χ2n) is 2.97. The van der Waals surface area contributed by atoms with E-state index >= 15 is 0 Å². The molecular formula is C9H6ClNO3S. The fraction of sp³-hybridized carbons (Fsp3) is 0. The van der Waals surface area contributed by atoms with Crippen molar-refractivity contribution in [1.82, 2.24) is 4.98 Å². The maximum absolute atomic E-state index is 11.4. The Bertz CT molecular complexity index is 675. The van der Waals surface area contributed by atoms with Crippen molar-refractivity contribution in [2.45, 2.75) is 4.90 Å². The second-order valence-corrected chi connectivity index (χ2v) is 5.50. The summed E-state index contributed by atoms with van der Waals surface area (Å²) in [5.41, 5.74) is -0.338. The fourth-order valence-electron chi connectivity index (χ4n) is 1.38. The number of fused-ring (bicyclic) bond motifs is 1. The number of hydrogen-bond acceptors (Lipinski definition) is 3. The maximum atomic E-state index is 11.4. The van der Waals surface area contributed by atoms with Gasteiger partial charge in [0.05, 0.1) is 0 Å². The van der Waals surface area contributed by atoms with E-state index in [1.54, 1.807) is 24.3 Å². The van der Waals surface area contributed by atoms with Crippen molar-refractivity contribution >= 4 is 30.5 Å². The van der Waals surface area contributed by atoms with Gasteiger partial charge in [-0.05, 0) is 6.07 Å². The van der Waals surface area contributed by atoms with Crippen LogP contribution in [-0.2, 0) is 9.05 Å². The maximum Gasteiger partial charge on any atom is 0.263 e. The first-order valence-corrected chi connectivity index (χ1v) is 6.36. The summed E-state index contributed by atoms with van der Waals surface area (Å²) >= 11 is 0. The van der Waals surface area contributed by atoms with E-state index in [1.165, 1.54) is 0 Å². The Kier molecular flexibility index (Phi) is 2.28. The van der Waals surface area contributed by atoms with Crippen LogP contribution in [0.2, 0.25) is 0 Å². The third kappa shape index (κ3) is 1.75. The molecule has 0 saturated carbocycles. The zero-order chi connectivity index (χ0) is 11.1. The van der Waals surface area contributed by atoms with E-state index in [2.05, 4.69) is 4.98 Å². The lowest BCUT2D eigenvalue weighted by molar-refractivity contribution is 0.610. The number of halogens is 1. The topological polar surface area (TPSA) is 67.0 Å². The predicted octanol–water partition coefficient (Wildman–Crippen LogP) is 1.46. The molecule has 2 aromatic rings. The molecule has 6 heteroatoms. The van der Waals surface area contributed by atoms with Gasteiger partial charge >= 0.3 is 0 Å². The molecule has 0 atom stereocenters. The molecule has 0 spiro atoms. The summed E-state index contributed by atoms with van der Waals surface area (Å²) in [4.78, 5) is 13.6. The van der Waals surface area contributed by atoms with Crippen LogP contribution in [0.15, 0.2) is 40.2 Å². The number of rotatable bonds is 1. The lowest BCUT2D eigenvalue weighted by atomic mass is 10.2. The van der Waals surface area contributed by atoms with Crippen LogP contribution in [0.1, 0.15) is 0 Å². The van der Waals surface area contributed by atoms with Crippen molar-refractivity contribution in [1.29, 1.82) is 0 Å². The minimum absolute atomic E-state index is 0.0839. The monoisotopic (exact) mass is 243 g/mol. The van der Waals surface area contributed by atoms with E-state index in [4.69, 9.17) is 10.7 Å². The number of nitrogens with one attached hydrogen (secondary N) is 1. The highest BCUT2D eigenvalue weighted by Crippen LogP contribution is 2.22. The average Bonchev–Trinajstić information content (AvgIpc) is 2.17.